The maximum Gasteiger partial charge on any atom is 0.255 e. The first-order chi connectivity index (χ1) is 10.5. The minimum atomic E-state index is 0.0553. The number of imidazole rings is 1. The van der Waals surface area contributed by atoms with Crippen LogP contribution in [0.1, 0.15) is 35.9 Å². The van der Waals surface area contributed by atoms with Gasteiger partial charge < -0.3 is 9.47 Å². The predicted octanol–water partition coefficient (Wildman–Crippen LogP) is 2.94. The standard InChI is InChI=1S/C16H19BrN4O/c1-11(2)15-19-3-4-20(15)8-12-9-21(10-12)16(22)13-5-14(17)7-18-6-13/h3-7,11-12H,8-10H2,1-2H3. The molecule has 1 fully saturated rings. The maximum absolute atomic E-state index is 12.3. The van der Waals surface area contributed by atoms with Crippen molar-refractivity contribution in [1.29, 1.82) is 0 Å². The Kier molecular flexibility index (Phi) is 4.29. The average Bonchev–Trinajstić information content (AvgIpc) is 2.90. The van der Waals surface area contributed by atoms with Gasteiger partial charge >= 0.3 is 0 Å². The lowest BCUT2D eigenvalue weighted by Crippen LogP contribution is -2.51. The molecule has 1 aliphatic rings. The first-order valence-corrected chi connectivity index (χ1v) is 8.24. The molecule has 6 heteroatoms. The third-order valence-corrected chi connectivity index (χ3v) is 4.35. The van der Waals surface area contributed by atoms with Crippen LogP contribution in [0, 0.1) is 5.92 Å². The molecule has 3 rings (SSSR count). The molecule has 0 aromatic carbocycles. The van der Waals surface area contributed by atoms with Gasteiger partial charge in [0, 0.05) is 60.7 Å². The highest BCUT2D eigenvalue weighted by molar-refractivity contribution is 9.10. The van der Waals surface area contributed by atoms with Gasteiger partial charge in [0.2, 0.25) is 0 Å². The summed E-state index contributed by atoms with van der Waals surface area (Å²) < 4.78 is 3.04. The lowest BCUT2D eigenvalue weighted by atomic mass is 9.98. The Hall–Kier alpha value is -1.69. The zero-order chi connectivity index (χ0) is 15.7. The summed E-state index contributed by atoms with van der Waals surface area (Å²) in [6.45, 7) is 6.81. The van der Waals surface area contributed by atoms with E-state index in [0.29, 0.717) is 17.4 Å². The van der Waals surface area contributed by atoms with Gasteiger partial charge in [-0.1, -0.05) is 13.8 Å². The largest absolute Gasteiger partial charge is 0.338 e. The average molecular weight is 363 g/mol. The van der Waals surface area contributed by atoms with E-state index < -0.39 is 0 Å². The minimum absolute atomic E-state index is 0.0553. The molecular formula is C16H19BrN4O. The molecule has 22 heavy (non-hydrogen) atoms. The van der Waals surface area contributed by atoms with E-state index in [1.54, 1.807) is 12.4 Å². The van der Waals surface area contributed by atoms with E-state index in [1.165, 1.54) is 0 Å². The van der Waals surface area contributed by atoms with Crippen LogP contribution in [0.5, 0.6) is 0 Å². The van der Waals surface area contributed by atoms with Gasteiger partial charge in [-0.05, 0) is 22.0 Å². The molecular weight excluding hydrogens is 344 g/mol. The molecule has 0 spiro atoms. The normalized spacial score (nSPS) is 15.2. The van der Waals surface area contributed by atoms with Crippen LogP contribution >= 0.6 is 15.9 Å². The van der Waals surface area contributed by atoms with Crippen molar-refractivity contribution >= 4 is 21.8 Å². The fourth-order valence-electron chi connectivity index (χ4n) is 2.82. The van der Waals surface area contributed by atoms with Gasteiger partial charge in [-0.2, -0.15) is 0 Å². The Balaban J connectivity index is 1.58. The molecule has 2 aromatic rings. The summed E-state index contributed by atoms with van der Waals surface area (Å²) in [6, 6.07) is 1.81. The van der Waals surface area contributed by atoms with Crippen LogP contribution in [0.3, 0.4) is 0 Å². The number of carbonyl (C=O) groups is 1. The number of nitrogens with zero attached hydrogens (tertiary/aromatic N) is 4. The number of aromatic nitrogens is 3. The summed E-state index contributed by atoms with van der Waals surface area (Å²) in [5, 5.41) is 0. The second-order valence-corrected chi connectivity index (χ2v) is 6.98. The van der Waals surface area contributed by atoms with E-state index in [1.807, 2.05) is 23.4 Å². The summed E-state index contributed by atoms with van der Waals surface area (Å²) in [4.78, 5) is 22.7. The van der Waals surface area contributed by atoms with E-state index in [9.17, 15) is 4.79 Å². The van der Waals surface area contributed by atoms with Gasteiger partial charge in [0.15, 0.2) is 0 Å². The summed E-state index contributed by atoms with van der Waals surface area (Å²) in [5.74, 6) is 2.08. The molecule has 2 aromatic heterocycles. The quantitative estimate of drug-likeness (QED) is 0.839. The molecule has 0 unspecified atom stereocenters. The molecule has 0 saturated carbocycles. The van der Waals surface area contributed by atoms with Crippen molar-refractivity contribution in [2.75, 3.05) is 13.1 Å². The van der Waals surface area contributed by atoms with Crippen LogP contribution in [0.25, 0.3) is 0 Å². The van der Waals surface area contributed by atoms with Crippen LogP contribution in [-0.4, -0.2) is 38.4 Å². The first kappa shape index (κ1) is 15.2. The van der Waals surface area contributed by atoms with Crippen LogP contribution in [0.2, 0.25) is 0 Å². The smallest absolute Gasteiger partial charge is 0.255 e. The van der Waals surface area contributed by atoms with Crippen molar-refractivity contribution < 1.29 is 4.79 Å². The van der Waals surface area contributed by atoms with Crippen LogP contribution < -0.4 is 0 Å². The summed E-state index contributed by atoms with van der Waals surface area (Å²) >= 11 is 3.35. The summed E-state index contributed by atoms with van der Waals surface area (Å²) in [5.41, 5.74) is 0.637. The molecule has 0 bridgehead atoms. The van der Waals surface area contributed by atoms with Crippen LogP contribution in [0.15, 0.2) is 35.3 Å². The molecule has 116 valence electrons. The minimum Gasteiger partial charge on any atom is -0.338 e. The zero-order valence-corrected chi connectivity index (χ0v) is 14.3. The van der Waals surface area contributed by atoms with E-state index in [2.05, 4.69) is 44.3 Å². The number of pyridine rings is 1. The third-order valence-electron chi connectivity index (χ3n) is 3.92. The van der Waals surface area contributed by atoms with E-state index in [4.69, 9.17) is 0 Å². The van der Waals surface area contributed by atoms with Crippen molar-refractivity contribution in [2.45, 2.75) is 26.3 Å². The fourth-order valence-corrected chi connectivity index (χ4v) is 3.18. The van der Waals surface area contributed by atoms with Crippen molar-refractivity contribution in [2.24, 2.45) is 5.92 Å². The number of hydrogen-bond acceptors (Lipinski definition) is 3. The Bertz CT molecular complexity index is 676. The van der Waals surface area contributed by atoms with E-state index in [0.717, 1.165) is 29.9 Å². The zero-order valence-electron chi connectivity index (χ0n) is 12.7. The number of hydrogen-bond donors (Lipinski definition) is 0. The molecule has 1 amide bonds. The Morgan fingerprint density at radius 1 is 1.41 bits per heavy atom. The van der Waals surface area contributed by atoms with Crippen LogP contribution in [-0.2, 0) is 6.54 Å². The second kappa shape index (κ2) is 6.20. The van der Waals surface area contributed by atoms with Crippen LogP contribution in [0.4, 0.5) is 0 Å². The Morgan fingerprint density at radius 2 is 2.18 bits per heavy atom. The van der Waals surface area contributed by atoms with E-state index in [-0.39, 0.29) is 5.91 Å². The van der Waals surface area contributed by atoms with Gasteiger partial charge in [-0.25, -0.2) is 4.98 Å². The Labute approximate surface area is 138 Å². The fraction of sp³-hybridized carbons (Fsp3) is 0.438. The van der Waals surface area contributed by atoms with Gasteiger partial charge in [-0.3, -0.25) is 9.78 Å². The summed E-state index contributed by atoms with van der Waals surface area (Å²) in [6.07, 6.45) is 7.18. The second-order valence-electron chi connectivity index (χ2n) is 6.06. The number of rotatable bonds is 4. The Morgan fingerprint density at radius 3 is 2.86 bits per heavy atom. The number of halogens is 1. The lowest BCUT2D eigenvalue weighted by molar-refractivity contribution is 0.0466. The molecule has 0 radical (unpaired) electrons. The predicted molar refractivity (Wildman–Crippen MR) is 87.6 cm³/mol. The van der Waals surface area contributed by atoms with Crippen molar-refractivity contribution in [3.63, 3.8) is 0 Å². The van der Waals surface area contributed by atoms with Gasteiger partial charge in [0.25, 0.3) is 5.91 Å². The molecule has 0 aliphatic carbocycles. The molecule has 0 atom stereocenters. The lowest BCUT2D eigenvalue weighted by Gasteiger charge is -2.39. The van der Waals surface area contributed by atoms with Crippen molar-refractivity contribution in [1.82, 2.24) is 19.4 Å². The molecule has 1 saturated heterocycles. The summed E-state index contributed by atoms with van der Waals surface area (Å²) in [7, 11) is 0. The number of likely N-dealkylation sites (tertiary alicyclic amines) is 1. The van der Waals surface area contributed by atoms with E-state index >= 15 is 0 Å². The maximum atomic E-state index is 12.3. The monoisotopic (exact) mass is 362 g/mol. The molecule has 3 heterocycles. The SMILES string of the molecule is CC(C)c1nccn1CC1CN(C(=O)c2cncc(Br)c2)C1. The van der Waals surface area contributed by atoms with Gasteiger partial charge in [-0.15, -0.1) is 0 Å². The van der Waals surface area contributed by atoms with Crippen molar-refractivity contribution in [3.05, 3.63) is 46.7 Å². The van der Waals surface area contributed by atoms with Gasteiger partial charge in [0.05, 0.1) is 5.56 Å². The number of amides is 1. The number of carbonyl (C=O) groups excluding carboxylic acids is 1. The first-order valence-electron chi connectivity index (χ1n) is 7.45. The molecule has 5 nitrogen and oxygen atoms in total. The highest BCUT2D eigenvalue weighted by Crippen LogP contribution is 2.23. The van der Waals surface area contributed by atoms with Gasteiger partial charge in [0.1, 0.15) is 5.82 Å². The molecule has 0 N–H and O–H groups in total. The topological polar surface area (TPSA) is 51.0 Å². The van der Waals surface area contributed by atoms with Crippen molar-refractivity contribution in [3.8, 4) is 0 Å². The highest BCUT2D eigenvalue weighted by atomic mass is 79.9. The third kappa shape index (κ3) is 3.06. The highest BCUT2D eigenvalue weighted by Gasteiger charge is 2.32. The molecule has 1 aliphatic heterocycles.